The summed E-state index contributed by atoms with van der Waals surface area (Å²) in [6.07, 6.45) is 0.998. The van der Waals surface area contributed by atoms with Crippen molar-refractivity contribution in [2.45, 2.75) is 39.2 Å². The number of hydrogen-bond acceptors (Lipinski definition) is 3. The highest BCUT2D eigenvalue weighted by molar-refractivity contribution is 5.94. The normalized spacial score (nSPS) is 17.9. The van der Waals surface area contributed by atoms with E-state index in [0.717, 1.165) is 12.1 Å². The highest BCUT2D eigenvalue weighted by Crippen LogP contribution is 2.23. The Morgan fingerprint density at radius 1 is 1.31 bits per heavy atom. The van der Waals surface area contributed by atoms with Gasteiger partial charge in [-0.1, -0.05) is 13.8 Å². The number of nitrogens with one attached hydrogen (secondary N) is 1. The first-order valence-electron chi connectivity index (χ1n) is 8.94. The van der Waals surface area contributed by atoms with Crippen LogP contribution in [0.3, 0.4) is 0 Å². The average Bonchev–Trinajstić information content (AvgIpc) is 2.61. The summed E-state index contributed by atoms with van der Waals surface area (Å²) >= 11 is 0. The molecule has 5 nitrogen and oxygen atoms in total. The Hall–Kier alpha value is -2.02. The van der Waals surface area contributed by atoms with E-state index in [4.69, 9.17) is 5.73 Å². The molecule has 0 bridgehead atoms. The summed E-state index contributed by atoms with van der Waals surface area (Å²) in [5, 5.41) is 3.03. The zero-order valence-corrected chi connectivity index (χ0v) is 15.5. The van der Waals surface area contributed by atoms with Crippen molar-refractivity contribution in [1.29, 1.82) is 0 Å². The first-order chi connectivity index (χ1) is 12.2. The molecule has 7 heteroatoms. The van der Waals surface area contributed by atoms with E-state index >= 15 is 0 Å². The Morgan fingerprint density at radius 3 is 2.42 bits per heavy atom. The first-order valence-corrected chi connectivity index (χ1v) is 8.94. The van der Waals surface area contributed by atoms with Gasteiger partial charge in [-0.2, -0.15) is 0 Å². The number of carbonyl (C=O) groups excluding carboxylic acids is 2. The van der Waals surface area contributed by atoms with E-state index in [2.05, 4.69) is 5.32 Å². The van der Waals surface area contributed by atoms with Crippen LogP contribution in [-0.4, -0.2) is 41.9 Å². The summed E-state index contributed by atoms with van der Waals surface area (Å²) in [6.45, 7) is 6.99. The van der Waals surface area contributed by atoms with Crippen LogP contribution in [0.25, 0.3) is 0 Å². The van der Waals surface area contributed by atoms with Gasteiger partial charge < -0.3 is 16.0 Å². The molecule has 144 valence electrons. The number of hydrogen-bond donors (Lipinski definition) is 2. The molecule has 1 aromatic carbocycles. The molecule has 0 spiro atoms. The van der Waals surface area contributed by atoms with Crippen LogP contribution in [0.15, 0.2) is 18.2 Å². The third kappa shape index (κ3) is 4.38. The van der Waals surface area contributed by atoms with Crippen LogP contribution in [0.4, 0.5) is 8.78 Å². The summed E-state index contributed by atoms with van der Waals surface area (Å²) in [5.41, 5.74) is 5.19. The number of nitrogens with two attached hydrogens (primary N) is 1. The Kier molecular flexibility index (Phi) is 6.34. The van der Waals surface area contributed by atoms with Crippen LogP contribution in [0, 0.1) is 23.5 Å². The summed E-state index contributed by atoms with van der Waals surface area (Å²) in [6, 6.07) is 2.92. The maximum atomic E-state index is 13.8. The Balaban J connectivity index is 1.96. The minimum absolute atomic E-state index is 0.0632. The zero-order chi connectivity index (χ0) is 19.5. The fraction of sp³-hybridized carbons (Fsp3) is 0.579. The van der Waals surface area contributed by atoms with E-state index in [-0.39, 0.29) is 23.3 Å². The van der Waals surface area contributed by atoms with Crippen molar-refractivity contribution in [2.24, 2.45) is 17.6 Å². The van der Waals surface area contributed by atoms with Crippen LogP contribution in [0.5, 0.6) is 0 Å². The maximum absolute atomic E-state index is 13.8. The molecule has 1 aromatic rings. The van der Waals surface area contributed by atoms with E-state index in [9.17, 15) is 18.4 Å². The SMILES string of the molecule is CC(C)C(C)(CN)NC(=O)C1CCN(C(=O)c2ccc(F)cc2F)CC1. The summed E-state index contributed by atoms with van der Waals surface area (Å²) in [4.78, 5) is 26.5. The van der Waals surface area contributed by atoms with Crippen molar-refractivity contribution in [3.63, 3.8) is 0 Å². The van der Waals surface area contributed by atoms with Crippen molar-refractivity contribution in [1.82, 2.24) is 10.2 Å². The first kappa shape index (κ1) is 20.3. The van der Waals surface area contributed by atoms with Crippen LogP contribution in [0.2, 0.25) is 0 Å². The van der Waals surface area contributed by atoms with E-state index in [0.29, 0.717) is 38.5 Å². The standard InChI is InChI=1S/C19H27F2N3O2/c1-12(2)19(3,11-22)23-17(25)13-6-8-24(9-7-13)18(26)15-5-4-14(20)10-16(15)21/h4-5,10,12-13H,6-9,11,22H2,1-3H3,(H,23,25). The summed E-state index contributed by atoms with van der Waals surface area (Å²) in [7, 11) is 0. The largest absolute Gasteiger partial charge is 0.349 e. The molecule has 1 aliphatic rings. The number of benzene rings is 1. The second-order valence-corrected chi connectivity index (χ2v) is 7.46. The predicted molar refractivity (Wildman–Crippen MR) is 95.4 cm³/mol. The quantitative estimate of drug-likeness (QED) is 0.839. The molecule has 1 unspecified atom stereocenters. The molecule has 1 fully saturated rings. The van der Waals surface area contributed by atoms with Gasteiger partial charge in [-0.25, -0.2) is 8.78 Å². The maximum Gasteiger partial charge on any atom is 0.256 e. The Morgan fingerprint density at radius 2 is 1.92 bits per heavy atom. The molecule has 1 heterocycles. The fourth-order valence-electron chi connectivity index (χ4n) is 2.99. The minimum atomic E-state index is -0.870. The van der Waals surface area contributed by atoms with Gasteiger partial charge in [0.25, 0.3) is 5.91 Å². The Bertz CT molecular complexity index is 673. The van der Waals surface area contributed by atoms with E-state index in [1.807, 2.05) is 20.8 Å². The molecule has 2 rings (SSSR count). The van der Waals surface area contributed by atoms with Gasteiger partial charge in [0.2, 0.25) is 5.91 Å². The molecule has 3 N–H and O–H groups in total. The summed E-state index contributed by atoms with van der Waals surface area (Å²) in [5.74, 6) is -2.14. The molecule has 0 saturated carbocycles. The second kappa shape index (κ2) is 8.12. The van der Waals surface area contributed by atoms with Crippen molar-refractivity contribution in [2.75, 3.05) is 19.6 Å². The van der Waals surface area contributed by atoms with Crippen molar-refractivity contribution < 1.29 is 18.4 Å². The summed E-state index contributed by atoms with van der Waals surface area (Å²) < 4.78 is 26.8. The molecule has 0 aromatic heterocycles. The monoisotopic (exact) mass is 367 g/mol. The minimum Gasteiger partial charge on any atom is -0.349 e. The smallest absolute Gasteiger partial charge is 0.256 e. The number of halogens is 2. The molecular weight excluding hydrogens is 340 g/mol. The zero-order valence-electron chi connectivity index (χ0n) is 15.5. The molecule has 1 saturated heterocycles. The third-order valence-electron chi connectivity index (χ3n) is 5.42. The van der Waals surface area contributed by atoms with E-state index in [1.54, 1.807) is 0 Å². The highest BCUT2D eigenvalue weighted by Gasteiger charge is 2.34. The lowest BCUT2D eigenvalue weighted by atomic mass is 9.86. The molecule has 0 aliphatic carbocycles. The van der Waals surface area contributed by atoms with Gasteiger partial charge in [0.15, 0.2) is 0 Å². The average molecular weight is 367 g/mol. The molecule has 1 aliphatic heterocycles. The van der Waals surface area contributed by atoms with Crippen LogP contribution < -0.4 is 11.1 Å². The number of nitrogens with zero attached hydrogens (tertiary/aromatic N) is 1. The lowest BCUT2D eigenvalue weighted by molar-refractivity contribution is -0.128. The fourth-order valence-corrected chi connectivity index (χ4v) is 2.99. The van der Waals surface area contributed by atoms with Gasteiger partial charge in [-0.3, -0.25) is 9.59 Å². The topological polar surface area (TPSA) is 75.4 Å². The Labute approximate surface area is 152 Å². The van der Waals surface area contributed by atoms with Crippen molar-refractivity contribution in [3.05, 3.63) is 35.4 Å². The lowest BCUT2D eigenvalue weighted by Gasteiger charge is -2.37. The lowest BCUT2D eigenvalue weighted by Crippen LogP contribution is -2.57. The van der Waals surface area contributed by atoms with Crippen molar-refractivity contribution in [3.8, 4) is 0 Å². The van der Waals surface area contributed by atoms with Gasteiger partial charge >= 0.3 is 0 Å². The van der Waals surface area contributed by atoms with Crippen molar-refractivity contribution >= 4 is 11.8 Å². The number of rotatable bonds is 5. The number of likely N-dealkylation sites (tertiary alicyclic amines) is 1. The molecule has 0 radical (unpaired) electrons. The second-order valence-electron chi connectivity index (χ2n) is 7.46. The molecular formula is C19H27F2N3O2. The third-order valence-corrected chi connectivity index (χ3v) is 5.42. The molecule has 26 heavy (non-hydrogen) atoms. The van der Waals surface area contributed by atoms with E-state index < -0.39 is 23.1 Å². The molecule has 2 amide bonds. The van der Waals surface area contributed by atoms with Crippen LogP contribution >= 0.6 is 0 Å². The number of amides is 2. The van der Waals surface area contributed by atoms with E-state index in [1.165, 1.54) is 4.90 Å². The molecule has 1 atom stereocenters. The van der Waals surface area contributed by atoms with Gasteiger partial charge in [0, 0.05) is 31.6 Å². The van der Waals surface area contributed by atoms with Crippen LogP contribution in [0.1, 0.15) is 44.0 Å². The van der Waals surface area contributed by atoms with Crippen LogP contribution in [-0.2, 0) is 4.79 Å². The predicted octanol–water partition coefficient (Wildman–Crippen LogP) is 2.31. The van der Waals surface area contributed by atoms with Gasteiger partial charge in [-0.05, 0) is 37.8 Å². The number of carbonyl (C=O) groups is 2. The number of piperidine rings is 1. The van der Waals surface area contributed by atoms with Gasteiger partial charge in [0.1, 0.15) is 11.6 Å². The van der Waals surface area contributed by atoms with Gasteiger partial charge in [-0.15, -0.1) is 0 Å². The van der Waals surface area contributed by atoms with Gasteiger partial charge in [0.05, 0.1) is 11.1 Å². The highest BCUT2D eigenvalue weighted by atomic mass is 19.1.